The Morgan fingerprint density at radius 1 is 1.15 bits per heavy atom. The van der Waals surface area contributed by atoms with Gasteiger partial charge < -0.3 is 24.5 Å². The Bertz CT molecular complexity index is 1130. The van der Waals surface area contributed by atoms with E-state index in [0.29, 0.717) is 43.1 Å². The normalized spacial score (nSPS) is 20.7. The zero-order valence-electron chi connectivity index (χ0n) is 19.6. The highest BCUT2D eigenvalue weighted by Gasteiger charge is 2.46. The third-order valence-electron chi connectivity index (χ3n) is 6.48. The van der Waals surface area contributed by atoms with Gasteiger partial charge in [0.15, 0.2) is 0 Å². The Balaban J connectivity index is 1.78. The number of likely N-dealkylation sites (tertiary alicyclic amines) is 1. The third-order valence-corrected chi connectivity index (χ3v) is 6.48. The van der Waals surface area contributed by atoms with Crippen molar-refractivity contribution >= 4 is 23.4 Å². The lowest BCUT2D eigenvalue weighted by Gasteiger charge is -2.31. The minimum absolute atomic E-state index is 0.0137. The summed E-state index contributed by atoms with van der Waals surface area (Å²) in [6.45, 7) is 7.08. The van der Waals surface area contributed by atoms with Gasteiger partial charge in [0.2, 0.25) is 0 Å². The molecule has 9 nitrogen and oxygen atoms in total. The summed E-state index contributed by atoms with van der Waals surface area (Å²) in [5.74, 6) is -2.27. The predicted octanol–water partition coefficient (Wildman–Crippen LogP) is 2.17. The maximum Gasteiger partial charge on any atom is 0.354 e. The molecule has 2 saturated heterocycles. The van der Waals surface area contributed by atoms with Gasteiger partial charge in [-0.05, 0) is 25.0 Å². The van der Waals surface area contributed by atoms with Crippen LogP contribution in [0.3, 0.4) is 0 Å². The Labute approximate surface area is 197 Å². The molecule has 1 aromatic heterocycles. The Hall–Kier alpha value is -3.43. The molecular formula is C25H29N3O6. The van der Waals surface area contributed by atoms with Gasteiger partial charge in [0, 0.05) is 37.4 Å². The van der Waals surface area contributed by atoms with Gasteiger partial charge in [0.25, 0.3) is 11.7 Å². The highest BCUT2D eigenvalue weighted by Crippen LogP contribution is 2.40. The summed E-state index contributed by atoms with van der Waals surface area (Å²) in [6.07, 6.45) is 0. The van der Waals surface area contributed by atoms with Crippen LogP contribution in [-0.2, 0) is 19.1 Å². The number of aromatic nitrogens is 1. The Morgan fingerprint density at radius 2 is 1.82 bits per heavy atom. The second kappa shape index (κ2) is 9.82. The van der Waals surface area contributed by atoms with Crippen molar-refractivity contribution in [2.24, 2.45) is 0 Å². The molecule has 1 aromatic carbocycles. The van der Waals surface area contributed by atoms with Gasteiger partial charge >= 0.3 is 5.97 Å². The number of esters is 1. The number of ether oxygens (including phenoxy) is 2. The van der Waals surface area contributed by atoms with Gasteiger partial charge in [-0.25, -0.2) is 4.79 Å². The number of amides is 1. The summed E-state index contributed by atoms with van der Waals surface area (Å²) < 4.78 is 10.2. The van der Waals surface area contributed by atoms with Gasteiger partial charge in [-0.2, -0.15) is 0 Å². The molecule has 1 atom stereocenters. The van der Waals surface area contributed by atoms with Gasteiger partial charge in [0.05, 0.1) is 31.9 Å². The number of morpholine rings is 1. The first kappa shape index (κ1) is 23.7. The number of ketones is 1. The quantitative estimate of drug-likeness (QED) is 0.290. The first-order valence-electron chi connectivity index (χ1n) is 11.3. The first-order valence-corrected chi connectivity index (χ1v) is 11.3. The molecule has 4 rings (SSSR count). The number of aryl methyl sites for hydroxylation is 1. The second-order valence-electron chi connectivity index (χ2n) is 8.47. The number of aliphatic hydroxyl groups excluding tert-OH is 1. The zero-order valence-corrected chi connectivity index (χ0v) is 19.6. The fourth-order valence-corrected chi connectivity index (χ4v) is 4.71. The average Bonchev–Trinajstić information content (AvgIpc) is 3.30. The van der Waals surface area contributed by atoms with E-state index in [1.165, 1.54) is 12.0 Å². The van der Waals surface area contributed by atoms with Gasteiger partial charge in [-0.1, -0.05) is 30.3 Å². The van der Waals surface area contributed by atoms with Crippen LogP contribution in [-0.4, -0.2) is 84.1 Å². The number of hydrogen-bond donors (Lipinski definition) is 2. The topological polar surface area (TPSA) is 112 Å². The summed E-state index contributed by atoms with van der Waals surface area (Å²) in [6, 6.07) is 8.45. The largest absolute Gasteiger partial charge is 0.507 e. The lowest BCUT2D eigenvalue weighted by Crippen LogP contribution is -2.42. The van der Waals surface area contributed by atoms with E-state index in [2.05, 4.69) is 9.88 Å². The number of carbonyl (C=O) groups is 3. The third kappa shape index (κ3) is 4.24. The van der Waals surface area contributed by atoms with E-state index >= 15 is 0 Å². The summed E-state index contributed by atoms with van der Waals surface area (Å²) >= 11 is 0. The van der Waals surface area contributed by atoms with Crippen molar-refractivity contribution in [3.63, 3.8) is 0 Å². The maximum atomic E-state index is 13.2. The van der Waals surface area contributed by atoms with Crippen LogP contribution < -0.4 is 0 Å². The molecule has 0 aliphatic carbocycles. The van der Waals surface area contributed by atoms with E-state index in [1.807, 2.05) is 30.3 Å². The van der Waals surface area contributed by atoms with Crippen LogP contribution >= 0.6 is 0 Å². The Kier molecular flexibility index (Phi) is 6.85. The summed E-state index contributed by atoms with van der Waals surface area (Å²) in [7, 11) is 1.27. The molecule has 34 heavy (non-hydrogen) atoms. The number of Topliss-reactive ketones (excluding diaryl/α,β-unsaturated/α-hetero) is 1. The molecule has 0 saturated carbocycles. The SMILES string of the molecule is COC(=O)c1[nH]c(C)c(/C(O)=C2\C(=O)C(=O)N(CCN3CCOCC3)[C@H]2c2ccccc2)c1C. The molecule has 2 aliphatic rings. The number of hydrogen-bond acceptors (Lipinski definition) is 7. The standard InChI is InChI=1S/C25H29N3O6/c1-15-18(16(2)26-20(15)25(32)33-3)22(29)19-21(17-7-5-4-6-8-17)28(24(31)23(19)30)10-9-27-11-13-34-14-12-27/h4-8,21,26,29H,9-14H2,1-3H3/b22-19+/t21-/m0/s1. The van der Waals surface area contributed by atoms with Gasteiger partial charge in [0.1, 0.15) is 11.5 Å². The van der Waals surface area contributed by atoms with Crippen LogP contribution in [0.2, 0.25) is 0 Å². The average molecular weight is 468 g/mol. The van der Waals surface area contributed by atoms with E-state index in [1.54, 1.807) is 13.8 Å². The van der Waals surface area contributed by atoms with Crippen LogP contribution in [0, 0.1) is 13.8 Å². The molecule has 2 N–H and O–H groups in total. The molecule has 2 aliphatic heterocycles. The number of nitrogens with one attached hydrogen (secondary N) is 1. The van der Waals surface area contributed by atoms with Crippen LogP contribution in [0.25, 0.3) is 5.76 Å². The van der Waals surface area contributed by atoms with Crippen molar-refractivity contribution < 1.29 is 29.0 Å². The summed E-state index contributed by atoms with van der Waals surface area (Å²) in [5.41, 5.74) is 2.21. The maximum absolute atomic E-state index is 13.2. The zero-order chi connectivity index (χ0) is 24.4. The highest BCUT2D eigenvalue weighted by atomic mass is 16.5. The number of methoxy groups -OCH3 is 1. The van der Waals surface area contributed by atoms with Crippen molar-refractivity contribution in [2.75, 3.05) is 46.5 Å². The highest BCUT2D eigenvalue weighted by molar-refractivity contribution is 6.46. The molecule has 180 valence electrons. The van der Waals surface area contributed by atoms with Crippen LogP contribution in [0.4, 0.5) is 0 Å². The number of benzene rings is 1. The second-order valence-corrected chi connectivity index (χ2v) is 8.47. The first-order chi connectivity index (χ1) is 16.3. The van der Waals surface area contributed by atoms with E-state index < -0.39 is 23.7 Å². The van der Waals surface area contributed by atoms with Crippen molar-refractivity contribution in [1.82, 2.24) is 14.8 Å². The molecular weight excluding hydrogens is 438 g/mol. The summed E-state index contributed by atoms with van der Waals surface area (Å²) in [5, 5.41) is 11.4. The van der Waals surface area contributed by atoms with E-state index in [-0.39, 0.29) is 17.0 Å². The molecule has 0 bridgehead atoms. The summed E-state index contributed by atoms with van der Waals surface area (Å²) in [4.78, 5) is 45.2. The van der Waals surface area contributed by atoms with E-state index in [9.17, 15) is 19.5 Å². The minimum atomic E-state index is -0.743. The smallest absolute Gasteiger partial charge is 0.354 e. The molecule has 2 fully saturated rings. The number of aromatic amines is 1. The fourth-order valence-electron chi connectivity index (χ4n) is 4.71. The van der Waals surface area contributed by atoms with Crippen LogP contribution in [0.5, 0.6) is 0 Å². The van der Waals surface area contributed by atoms with Gasteiger partial charge in [-0.3, -0.25) is 14.5 Å². The number of rotatable bonds is 6. The van der Waals surface area contributed by atoms with E-state index in [0.717, 1.165) is 18.7 Å². The monoisotopic (exact) mass is 467 g/mol. The van der Waals surface area contributed by atoms with Crippen LogP contribution in [0.15, 0.2) is 35.9 Å². The molecule has 2 aromatic rings. The molecule has 0 spiro atoms. The molecule has 0 unspecified atom stereocenters. The van der Waals surface area contributed by atoms with Crippen molar-refractivity contribution in [3.05, 3.63) is 64.0 Å². The van der Waals surface area contributed by atoms with Gasteiger partial charge in [-0.15, -0.1) is 0 Å². The molecule has 3 heterocycles. The lowest BCUT2D eigenvalue weighted by atomic mass is 9.94. The predicted molar refractivity (Wildman–Crippen MR) is 124 cm³/mol. The molecule has 9 heteroatoms. The number of H-pyrrole nitrogens is 1. The number of aliphatic hydroxyl groups is 1. The van der Waals surface area contributed by atoms with Crippen molar-refractivity contribution in [1.29, 1.82) is 0 Å². The fraction of sp³-hybridized carbons (Fsp3) is 0.400. The Morgan fingerprint density at radius 3 is 2.47 bits per heavy atom. The van der Waals surface area contributed by atoms with Crippen LogP contribution in [0.1, 0.15) is 38.9 Å². The minimum Gasteiger partial charge on any atom is -0.507 e. The lowest BCUT2D eigenvalue weighted by molar-refractivity contribution is -0.140. The number of carbonyl (C=O) groups excluding carboxylic acids is 3. The van der Waals surface area contributed by atoms with Crippen molar-refractivity contribution in [3.8, 4) is 0 Å². The number of nitrogens with zero attached hydrogens (tertiary/aromatic N) is 2. The van der Waals surface area contributed by atoms with E-state index in [4.69, 9.17) is 9.47 Å². The molecule has 0 radical (unpaired) electrons. The molecule has 1 amide bonds. The van der Waals surface area contributed by atoms with Crippen molar-refractivity contribution in [2.45, 2.75) is 19.9 Å².